The van der Waals surface area contributed by atoms with Gasteiger partial charge in [-0.25, -0.2) is 0 Å². The SMILES string of the molecule is CC(C)c1cccc2c1-c1ccc(N(c3cc4ccccc4cc3-c3ccccc3)c3cccc4sc5ccccc5c34)cc1C2(c1ccccc1)c1ccccc1. The molecule has 0 N–H and O–H groups in total. The van der Waals surface area contributed by atoms with Gasteiger partial charge in [-0.05, 0) is 104 Å². The summed E-state index contributed by atoms with van der Waals surface area (Å²) in [5.41, 5.74) is 14.5. The molecule has 0 saturated carbocycles. The fraction of sp³-hybridized carbons (Fsp3) is 0.0714. The Kier molecular flexibility index (Phi) is 8.17. The van der Waals surface area contributed by atoms with Crippen molar-refractivity contribution in [3.63, 3.8) is 0 Å². The zero-order valence-corrected chi connectivity index (χ0v) is 33.4. The van der Waals surface area contributed by atoms with Crippen molar-refractivity contribution < 1.29 is 0 Å². The topological polar surface area (TPSA) is 3.24 Å². The monoisotopic (exact) mass is 759 g/mol. The molecule has 0 fully saturated rings. The van der Waals surface area contributed by atoms with Gasteiger partial charge in [0.05, 0.1) is 16.8 Å². The Morgan fingerprint density at radius 1 is 0.466 bits per heavy atom. The highest BCUT2D eigenvalue weighted by atomic mass is 32.1. The molecular weight excluding hydrogens is 719 g/mol. The van der Waals surface area contributed by atoms with Crippen molar-refractivity contribution in [3.8, 4) is 22.3 Å². The summed E-state index contributed by atoms with van der Waals surface area (Å²) in [7, 11) is 0. The van der Waals surface area contributed by atoms with Crippen molar-refractivity contribution in [3.05, 3.63) is 234 Å². The average molecular weight is 760 g/mol. The number of hydrogen-bond acceptors (Lipinski definition) is 2. The van der Waals surface area contributed by atoms with E-state index in [1.165, 1.54) is 86.7 Å². The number of rotatable bonds is 7. The standard InChI is InChI=1S/C56H41NS/c1-37(2)44-27-16-28-48-54(44)45-33-32-43(36-49(45)56(48,41-22-8-4-9-23-41)42-24-10-5-11-25-42)57(50-29-17-31-53-55(50)46-26-14-15-30-52(46)58-53)51-35-40-21-13-12-20-39(40)34-47(51)38-18-6-3-7-19-38/h3-37H,1-2H3. The van der Waals surface area contributed by atoms with E-state index in [1.54, 1.807) is 0 Å². The molecule has 0 saturated heterocycles. The summed E-state index contributed by atoms with van der Waals surface area (Å²) in [4.78, 5) is 2.56. The van der Waals surface area contributed by atoms with Gasteiger partial charge in [0.2, 0.25) is 0 Å². The number of nitrogens with zero attached hydrogens (tertiary/aromatic N) is 1. The predicted octanol–water partition coefficient (Wildman–Crippen LogP) is 15.8. The van der Waals surface area contributed by atoms with Crippen molar-refractivity contribution in [2.45, 2.75) is 25.2 Å². The summed E-state index contributed by atoms with van der Waals surface area (Å²) >= 11 is 1.87. The second kappa shape index (κ2) is 13.7. The molecule has 2 heteroatoms. The fourth-order valence-electron chi connectivity index (χ4n) is 9.79. The Morgan fingerprint density at radius 2 is 1.09 bits per heavy atom. The molecule has 1 aliphatic carbocycles. The smallest absolute Gasteiger partial charge is 0.0714 e. The van der Waals surface area contributed by atoms with Gasteiger partial charge in [0.1, 0.15) is 0 Å². The molecule has 9 aromatic carbocycles. The first kappa shape index (κ1) is 34.5. The van der Waals surface area contributed by atoms with Crippen LogP contribution in [0.3, 0.4) is 0 Å². The van der Waals surface area contributed by atoms with Crippen LogP contribution < -0.4 is 4.90 Å². The third-order valence-corrected chi connectivity index (χ3v) is 13.4. The molecule has 58 heavy (non-hydrogen) atoms. The van der Waals surface area contributed by atoms with E-state index in [0.29, 0.717) is 5.92 Å². The van der Waals surface area contributed by atoms with E-state index in [9.17, 15) is 0 Å². The lowest BCUT2D eigenvalue weighted by Crippen LogP contribution is -2.28. The van der Waals surface area contributed by atoms with Gasteiger partial charge in [0.25, 0.3) is 0 Å². The molecule has 0 bridgehead atoms. The van der Waals surface area contributed by atoms with E-state index >= 15 is 0 Å². The van der Waals surface area contributed by atoms with Crippen molar-refractivity contribution in [1.82, 2.24) is 0 Å². The summed E-state index contributed by atoms with van der Waals surface area (Å²) in [6.07, 6.45) is 0. The van der Waals surface area contributed by atoms with E-state index in [-0.39, 0.29) is 0 Å². The zero-order chi connectivity index (χ0) is 38.8. The first-order valence-electron chi connectivity index (χ1n) is 20.3. The molecule has 0 radical (unpaired) electrons. The highest BCUT2D eigenvalue weighted by Crippen LogP contribution is 2.59. The molecule has 10 aromatic rings. The molecule has 0 amide bonds. The second-order valence-corrected chi connectivity index (χ2v) is 16.9. The Balaban J connectivity index is 1.29. The molecule has 276 valence electrons. The lowest BCUT2D eigenvalue weighted by atomic mass is 9.67. The van der Waals surface area contributed by atoms with E-state index in [1.807, 2.05) is 11.3 Å². The van der Waals surface area contributed by atoms with Crippen LogP contribution in [-0.4, -0.2) is 0 Å². The normalized spacial score (nSPS) is 12.9. The van der Waals surface area contributed by atoms with Gasteiger partial charge in [-0.2, -0.15) is 0 Å². The lowest BCUT2D eigenvalue weighted by molar-refractivity contribution is 0.765. The van der Waals surface area contributed by atoms with Crippen LogP contribution in [0, 0.1) is 0 Å². The van der Waals surface area contributed by atoms with E-state index in [4.69, 9.17) is 0 Å². The number of thiophene rings is 1. The maximum absolute atomic E-state index is 2.56. The molecule has 0 atom stereocenters. The van der Waals surface area contributed by atoms with Crippen LogP contribution >= 0.6 is 11.3 Å². The average Bonchev–Trinajstić information content (AvgIpc) is 3.81. The van der Waals surface area contributed by atoms with Crippen LogP contribution in [0.2, 0.25) is 0 Å². The van der Waals surface area contributed by atoms with Gasteiger partial charge >= 0.3 is 0 Å². The van der Waals surface area contributed by atoms with Crippen LogP contribution in [0.5, 0.6) is 0 Å². The minimum atomic E-state index is -0.535. The molecule has 1 heterocycles. The number of hydrogen-bond donors (Lipinski definition) is 0. The highest BCUT2D eigenvalue weighted by molar-refractivity contribution is 7.26. The van der Waals surface area contributed by atoms with Crippen LogP contribution in [0.4, 0.5) is 17.1 Å². The van der Waals surface area contributed by atoms with Gasteiger partial charge < -0.3 is 4.90 Å². The van der Waals surface area contributed by atoms with Crippen LogP contribution in [0.15, 0.2) is 206 Å². The Morgan fingerprint density at radius 3 is 1.81 bits per heavy atom. The zero-order valence-electron chi connectivity index (χ0n) is 32.6. The van der Waals surface area contributed by atoms with Crippen molar-refractivity contribution in [2.24, 2.45) is 0 Å². The van der Waals surface area contributed by atoms with Crippen molar-refractivity contribution in [2.75, 3.05) is 4.90 Å². The van der Waals surface area contributed by atoms with Gasteiger partial charge in [0.15, 0.2) is 0 Å². The molecule has 0 spiro atoms. The van der Waals surface area contributed by atoms with Gasteiger partial charge in [-0.1, -0.05) is 178 Å². The van der Waals surface area contributed by atoms with Gasteiger partial charge in [0, 0.05) is 31.4 Å². The molecule has 1 nitrogen and oxygen atoms in total. The predicted molar refractivity (Wildman–Crippen MR) is 248 cm³/mol. The molecule has 1 aliphatic rings. The maximum atomic E-state index is 2.56. The molecule has 0 aliphatic heterocycles. The molecular formula is C56H41NS. The Labute approximate surface area is 344 Å². The largest absolute Gasteiger partial charge is 0.309 e. The van der Waals surface area contributed by atoms with Crippen LogP contribution in [-0.2, 0) is 5.41 Å². The van der Waals surface area contributed by atoms with Crippen molar-refractivity contribution in [1.29, 1.82) is 0 Å². The van der Waals surface area contributed by atoms with Crippen LogP contribution in [0.1, 0.15) is 47.6 Å². The number of anilines is 3. The van der Waals surface area contributed by atoms with Gasteiger partial charge in [-0.3, -0.25) is 0 Å². The Bertz CT molecular complexity index is 3100. The van der Waals surface area contributed by atoms with Gasteiger partial charge in [-0.15, -0.1) is 11.3 Å². The molecule has 0 unspecified atom stereocenters. The highest BCUT2D eigenvalue weighted by Gasteiger charge is 2.47. The quantitative estimate of drug-likeness (QED) is 0.156. The van der Waals surface area contributed by atoms with Crippen molar-refractivity contribution >= 4 is 59.3 Å². The minimum absolute atomic E-state index is 0.358. The van der Waals surface area contributed by atoms with E-state index in [2.05, 4.69) is 225 Å². The van der Waals surface area contributed by atoms with E-state index in [0.717, 1.165) is 11.4 Å². The second-order valence-electron chi connectivity index (χ2n) is 15.8. The van der Waals surface area contributed by atoms with E-state index < -0.39 is 5.41 Å². The first-order valence-corrected chi connectivity index (χ1v) is 21.1. The molecule has 1 aromatic heterocycles. The first-order chi connectivity index (χ1) is 28.6. The summed E-state index contributed by atoms with van der Waals surface area (Å²) < 4.78 is 2.58. The lowest BCUT2D eigenvalue weighted by Gasteiger charge is -2.35. The third-order valence-electron chi connectivity index (χ3n) is 12.3. The fourth-order valence-corrected chi connectivity index (χ4v) is 10.9. The summed E-state index contributed by atoms with van der Waals surface area (Å²) in [6, 6.07) is 76.9. The number of fused-ring (bicyclic) bond motifs is 7. The third kappa shape index (κ3) is 5.22. The van der Waals surface area contributed by atoms with Crippen LogP contribution in [0.25, 0.3) is 53.2 Å². The molecule has 11 rings (SSSR count). The Hall–Kier alpha value is -6.74. The maximum Gasteiger partial charge on any atom is 0.0714 e. The number of benzene rings is 9. The minimum Gasteiger partial charge on any atom is -0.309 e. The summed E-state index contributed by atoms with van der Waals surface area (Å²) in [6.45, 7) is 4.65. The summed E-state index contributed by atoms with van der Waals surface area (Å²) in [5, 5.41) is 4.99. The summed E-state index contributed by atoms with van der Waals surface area (Å²) in [5.74, 6) is 0.358.